The predicted octanol–water partition coefficient (Wildman–Crippen LogP) is 5.00. The number of para-hydroxylation sites is 1. The molecule has 6 rings (SSSR count). The van der Waals surface area contributed by atoms with Gasteiger partial charge in [0, 0.05) is 23.5 Å². The summed E-state index contributed by atoms with van der Waals surface area (Å²) in [5, 5.41) is 12.5. The van der Waals surface area contributed by atoms with Crippen molar-refractivity contribution in [1.82, 2.24) is 9.88 Å². The molecule has 3 saturated heterocycles. The van der Waals surface area contributed by atoms with Crippen molar-refractivity contribution in [1.29, 1.82) is 0 Å². The first-order valence-corrected chi connectivity index (χ1v) is 11.6. The summed E-state index contributed by atoms with van der Waals surface area (Å²) in [4.78, 5) is 18.4. The van der Waals surface area contributed by atoms with Crippen LogP contribution < -0.4 is 10.1 Å². The maximum absolute atomic E-state index is 11.6. The summed E-state index contributed by atoms with van der Waals surface area (Å²) in [7, 11) is 0. The molecular formula is C27H31N3O3. The van der Waals surface area contributed by atoms with Crippen LogP contribution in [-0.4, -0.2) is 40.6 Å². The number of carboxylic acid groups (broad SMARTS) is 1. The van der Waals surface area contributed by atoms with E-state index in [0.717, 1.165) is 17.2 Å². The molecule has 4 heterocycles. The van der Waals surface area contributed by atoms with Crippen LogP contribution in [0.1, 0.15) is 36.4 Å². The Morgan fingerprint density at radius 2 is 1.61 bits per heavy atom. The topological polar surface area (TPSA) is 74.7 Å². The van der Waals surface area contributed by atoms with Crippen LogP contribution in [0, 0.1) is 5.92 Å². The monoisotopic (exact) mass is 445 g/mol. The number of rotatable bonds is 7. The molecule has 3 aliphatic heterocycles. The van der Waals surface area contributed by atoms with Crippen LogP contribution in [0.5, 0.6) is 5.88 Å². The number of nitrogens with zero attached hydrogens (tertiary/aromatic N) is 2. The number of fused-ring (bicyclic) bond motifs is 3. The van der Waals surface area contributed by atoms with Gasteiger partial charge in [-0.25, -0.2) is 9.78 Å². The summed E-state index contributed by atoms with van der Waals surface area (Å²) in [5.74, 6) is 0.597. The number of ether oxygens (including phenoxy) is 1. The van der Waals surface area contributed by atoms with E-state index in [-0.39, 0.29) is 0 Å². The van der Waals surface area contributed by atoms with Crippen molar-refractivity contribution < 1.29 is 14.6 Å². The number of aliphatic carboxylic acids is 1. The standard InChI is InChI=1S/C20H18N2O3.C7H13N/c23-20(24)19(22-17-9-5-2-6-10-17)16-11-12-18(21-13-16)25-14-15-7-3-1-4-8-15;1-4-8-5-2-7(1)3-6-8/h1-13,19,22H,14H2,(H,23,24);7H,1-6H2. The number of hydrogen-bond donors (Lipinski definition) is 2. The largest absolute Gasteiger partial charge is 0.479 e. The first-order chi connectivity index (χ1) is 16.2. The maximum Gasteiger partial charge on any atom is 0.330 e. The molecule has 0 radical (unpaired) electrons. The SMILES string of the molecule is C1CN2CCC1CC2.O=C(O)C(Nc1ccccc1)c1ccc(OCc2ccccc2)nc1. The Bertz CT molecular complexity index is 965. The van der Waals surface area contributed by atoms with Gasteiger partial charge in [0.2, 0.25) is 5.88 Å². The molecular weight excluding hydrogens is 414 g/mol. The molecule has 6 heteroatoms. The highest BCUT2D eigenvalue weighted by atomic mass is 16.5. The highest BCUT2D eigenvalue weighted by Crippen LogP contribution is 2.26. The summed E-state index contributed by atoms with van der Waals surface area (Å²) < 4.78 is 5.63. The Hall–Kier alpha value is -3.38. The smallest absolute Gasteiger partial charge is 0.330 e. The second kappa shape index (κ2) is 11.5. The zero-order valence-corrected chi connectivity index (χ0v) is 18.8. The van der Waals surface area contributed by atoms with Crippen molar-refractivity contribution in [2.45, 2.75) is 31.9 Å². The van der Waals surface area contributed by atoms with Gasteiger partial charge in [-0.15, -0.1) is 0 Å². The molecule has 1 atom stereocenters. The van der Waals surface area contributed by atoms with E-state index in [1.165, 1.54) is 45.1 Å². The average molecular weight is 446 g/mol. The number of carboxylic acids is 1. The molecule has 172 valence electrons. The van der Waals surface area contributed by atoms with E-state index in [1.54, 1.807) is 12.1 Å². The van der Waals surface area contributed by atoms with Crippen molar-refractivity contribution in [2.75, 3.05) is 25.0 Å². The van der Waals surface area contributed by atoms with Crippen LogP contribution in [0.15, 0.2) is 79.0 Å². The van der Waals surface area contributed by atoms with Crippen LogP contribution >= 0.6 is 0 Å². The number of aromatic nitrogens is 1. The van der Waals surface area contributed by atoms with Gasteiger partial charge >= 0.3 is 5.97 Å². The van der Waals surface area contributed by atoms with Crippen LogP contribution in [0.2, 0.25) is 0 Å². The van der Waals surface area contributed by atoms with E-state index in [2.05, 4.69) is 15.2 Å². The summed E-state index contributed by atoms with van der Waals surface area (Å²) >= 11 is 0. The number of nitrogens with one attached hydrogen (secondary N) is 1. The average Bonchev–Trinajstić information content (AvgIpc) is 2.89. The third-order valence-corrected chi connectivity index (χ3v) is 6.21. The van der Waals surface area contributed by atoms with Gasteiger partial charge < -0.3 is 20.1 Å². The Labute approximate surface area is 195 Å². The molecule has 6 nitrogen and oxygen atoms in total. The van der Waals surface area contributed by atoms with Gasteiger partial charge in [-0.3, -0.25) is 0 Å². The summed E-state index contributed by atoms with van der Waals surface area (Å²) in [5.41, 5.74) is 2.34. The lowest BCUT2D eigenvalue weighted by molar-refractivity contribution is -0.138. The number of hydrogen-bond acceptors (Lipinski definition) is 5. The predicted molar refractivity (Wildman–Crippen MR) is 129 cm³/mol. The van der Waals surface area contributed by atoms with E-state index in [9.17, 15) is 9.90 Å². The lowest BCUT2D eigenvalue weighted by Crippen LogP contribution is -2.41. The second-order valence-electron chi connectivity index (χ2n) is 8.56. The van der Waals surface area contributed by atoms with Crippen molar-refractivity contribution in [3.63, 3.8) is 0 Å². The quantitative estimate of drug-likeness (QED) is 0.533. The van der Waals surface area contributed by atoms with E-state index in [4.69, 9.17) is 4.74 Å². The molecule has 33 heavy (non-hydrogen) atoms. The second-order valence-corrected chi connectivity index (χ2v) is 8.56. The van der Waals surface area contributed by atoms with Gasteiger partial charge in [0.05, 0.1) is 0 Å². The zero-order chi connectivity index (χ0) is 22.9. The van der Waals surface area contributed by atoms with Crippen molar-refractivity contribution >= 4 is 11.7 Å². The van der Waals surface area contributed by atoms with Gasteiger partial charge in [-0.2, -0.15) is 0 Å². The summed E-state index contributed by atoms with van der Waals surface area (Å²) in [6.07, 6.45) is 5.98. The van der Waals surface area contributed by atoms with E-state index in [0.29, 0.717) is 18.1 Å². The Morgan fingerprint density at radius 1 is 0.970 bits per heavy atom. The third-order valence-electron chi connectivity index (χ3n) is 6.21. The molecule has 3 fully saturated rings. The molecule has 0 aliphatic carbocycles. The Balaban J connectivity index is 0.000000269. The van der Waals surface area contributed by atoms with E-state index < -0.39 is 12.0 Å². The lowest BCUT2D eigenvalue weighted by Gasteiger charge is -2.38. The van der Waals surface area contributed by atoms with Crippen LogP contribution in [0.4, 0.5) is 5.69 Å². The normalized spacial score (nSPS) is 19.6. The fraction of sp³-hybridized carbons (Fsp3) is 0.333. The molecule has 0 saturated carbocycles. The molecule has 2 aromatic carbocycles. The third kappa shape index (κ3) is 6.80. The van der Waals surface area contributed by atoms with Crippen LogP contribution in [0.25, 0.3) is 0 Å². The van der Waals surface area contributed by atoms with Crippen molar-refractivity contribution in [3.8, 4) is 5.88 Å². The maximum atomic E-state index is 11.6. The van der Waals surface area contributed by atoms with Crippen molar-refractivity contribution in [3.05, 3.63) is 90.1 Å². The van der Waals surface area contributed by atoms with Gasteiger partial charge in [-0.1, -0.05) is 48.5 Å². The van der Waals surface area contributed by atoms with Gasteiger partial charge in [0.15, 0.2) is 6.04 Å². The van der Waals surface area contributed by atoms with E-state index >= 15 is 0 Å². The minimum absolute atomic E-state index is 0.414. The Morgan fingerprint density at radius 3 is 2.09 bits per heavy atom. The molecule has 3 aliphatic rings. The molecule has 3 aromatic rings. The fourth-order valence-corrected chi connectivity index (χ4v) is 4.23. The highest BCUT2D eigenvalue weighted by molar-refractivity contribution is 5.79. The number of benzene rings is 2. The van der Waals surface area contributed by atoms with Crippen LogP contribution in [-0.2, 0) is 11.4 Å². The van der Waals surface area contributed by atoms with Gasteiger partial charge in [-0.05, 0) is 68.6 Å². The molecule has 0 amide bonds. The number of carbonyl (C=O) groups is 1. The molecule has 2 N–H and O–H groups in total. The number of pyridine rings is 1. The Kier molecular flexibility index (Phi) is 7.93. The minimum atomic E-state index is -0.969. The number of anilines is 1. The van der Waals surface area contributed by atoms with Crippen LogP contribution in [0.3, 0.4) is 0 Å². The first kappa shape index (κ1) is 22.8. The van der Waals surface area contributed by atoms with Gasteiger partial charge in [0.1, 0.15) is 6.61 Å². The highest BCUT2D eigenvalue weighted by Gasteiger charge is 2.24. The van der Waals surface area contributed by atoms with Crippen molar-refractivity contribution in [2.24, 2.45) is 5.92 Å². The molecule has 2 bridgehead atoms. The van der Waals surface area contributed by atoms with Gasteiger partial charge in [0.25, 0.3) is 0 Å². The summed E-state index contributed by atoms with van der Waals surface area (Å²) in [6.45, 7) is 4.60. The summed E-state index contributed by atoms with van der Waals surface area (Å²) in [6, 6.07) is 21.5. The lowest BCUT2D eigenvalue weighted by atomic mass is 9.89. The number of piperidine rings is 3. The zero-order valence-electron chi connectivity index (χ0n) is 18.8. The molecule has 0 spiro atoms. The fourth-order valence-electron chi connectivity index (χ4n) is 4.23. The minimum Gasteiger partial charge on any atom is -0.479 e. The molecule has 1 aromatic heterocycles. The van der Waals surface area contributed by atoms with E-state index in [1.807, 2.05) is 60.7 Å². The first-order valence-electron chi connectivity index (χ1n) is 11.6. The molecule has 1 unspecified atom stereocenters.